The molecule has 7 nitrogen and oxygen atoms in total. The van der Waals surface area contributed by atoms with Crippen LogP contribution in [0.25, 0.3) is 0 Å². The van der Waals surface area contributed by atoms with Gasteiger partial charge in [-0.2, -0.15) is 0 Å². The molecule has 1 heterocycles. The molecule has 1 saturated heterocycles. The topological polar surface area (TPSA) is 101 Å². The number of nitrogens with zero attached hydrogens (tertiary/aromatic N) is 2. The molecule has 0 aromatic heterocycles. The van der Waals surface area contributed by atoms with E-state index in [-0.39, 0.29) is 31.6 Å². The standard InChI is InChI=1S/C13H22N2O5/c16-6-2-5-14(9-3-1-4-9)13(20)15-8-10(17)7-11(15)12(18)19/h9-11,16-17H,1-8H2,(H,18,19)/t10-,11-/m1/s1. The lowest BCUT2D eigenvalue weighted by molar-refractivity contribution is -0.141. The second-order valence-electron chi connectivity index (χ2n) is 5.53. The van der Waals surface area contributed by atoms with Crippen LogP contribution in [0.5, 0.6) is 0 Å². The van der Waals surface area contributed by atoms with Gasteiger partial charge in [0.25, 0.3) is 0 Å². The number of β-amino-alcohol motifs (C(OH)–C–C–N with tert-alkyl or cyclic N) is 1. The van der Waals surface area contributed by atoms with Crippen molar-refractivity contribution in [2.24, 2.45) is 0 Å². The molecule has 3 N–H and O–H groups in total. The van der Waals surface area contributed by atoms with Crippen LogP contribution in [0.1, 0.15) is 32.1 Å². The summed E-state index contributed by atoms with van der Waals surface area (Å²) in [4.78, 5) is 26.6. The summed E-state index contributed by atoms with van der Waals surface area (Å²) in [7, 11) is 0. The van der Waals surface area contributed by atoms with Crippen LogP contribution in [0.3, 0.4) is 0 Å². The van der Waals surface area contributed by atoms with Gasteiger partial charge in [-0.15, -0.1) is 0 Å². The average Bonchev–Trinajstić information content (AvgIpc) is 2.73. The number of carbonyl (C=O) groups is 2. The van der Waals surface area contributed by atoms with Crippen molar-refractivity contribution in [1.82, 2.24) is 9.80 Å². The monoisotopic (exact) mass is 286 g/mol. The van der Waals surface area contributed by atoms with E-state index in [9.17, 15) is 14.7 Å². The summed E-state index contributed by atoms with van der Waals surface area (Å²) in [6.45, 7) is 0.499. The van der Waals surface area contributed by atoms with Crippen molar-refractivity contribution in [3.63, 3.8) is 0 Å². The van der Waals surface area contributed by atoms with E-state index in [0.29, 0.717) is 13.0 Å². The van der Waals surface area contributed by atoms with E-state index < -0.39 is 18.1 Å². The molecule has 1 aliphatic carbocycles. The Balaban J connectivity index is 2.07. The molecule has 0 unspecified atom stereocenters. The van der Waals surface area contributed by atoms with Gasteiger partial charge in [0.2, 0.25) is 0 Å². The minimum Gasteiger partial charge on any atom is -0.480 e. The molecule has 2 atom stereocenters. The molecule has 2 amide bonds. The fourth-order valence-electron chi connectivity index (χ4n) is 2.80. The van der Waals surface area contributed by atoms with E-state index in [4.69, 9.17) is 10.2 Å². The van der Waals surface area contributed by atoms with Crippen molar-refractivity contribution in [2.45, 2.75) is 50.3 Å². The van der Waals surface area contributed by atoms with Gasteiger partial charge < -0.3 is 25.1 Å². The van der Waals surface area contributed by atoms with Crippen LogP contribution < -0.4 is 0 Å². The molecule has 1 aliphatic heterocycles. The third-order valence-electron chi connectivity index (χ3n) is 4.13. The number of hydrogen-bond acceptors (Lipinski definition) is 4. The van der Waals surface area contributed by atoms with E-state index in [1.54, 1.807) is 4.90 Å². The number of carbonyl (C=O) groups excluding carboxylic acids is 1. The molecule has 0 spiro atoms. The first-order chi connectivity index (χ1) is 9.54. The molecule has 114 valence electrons. The molecule has 20 heavy (non-hydrogen) atoms. The van der Waals surface area contributed by atoms with Gasteiger partial charge in [0.15, 0.2) is 0 Å². The Morgan fingerprint density at radius 3 is 2.50 bits per heavy atom. The molecule has 0 radical (unpaired) electrons. The molecule has 7 heteroatoms. The molecule has 0 aromatic rings. The number of likely N-dealkylation sites (tertiary alicyclic amines) is 1. The Morgan fingerprint density at radius 1 is 1.30 bits per heavy atom. The number of carboxylic acids is 1. The van der Waals surface area contributed by atoms with E-state index in [0.717, 1.165) is 19.3 Å². The van der Waals surface area contributed by atoms with Crippen LogP contribution >= 0.6 is 0 Å². The Kier molecular flexibility index (Phi) is 4.82. The zero-order chi connectivity index (χ0) is 14.7. The Morgan fingerprint density at radius 2 is 2.00 bits per heavy atom. The minimum atomic E-state index is -1.08. The number of hydrogen-bond donors (Lipinski definition) is 3. The molecular weight excluding hydrogens is 264 g/mol. The fraction of sp³-hybridized carbons (Fsp3) is 0.846. The SMILES string of the molecule is O=C(O)[C@H]1C[C@@H](O)CN1C(=O)N(CCCO)C1CCC1. The van der Waals surface area contributed by atoms with Gasteiger partial charge in [0.1, 0.15) is 6.04 Å². The third-order valence-corrected chi connectivity index (χ3v) is 4.13. The maximum Gasteiger partial charge on any atom is 0.326 e. The highest BCUT2D eigenvalue weighted by atomic mass is 16.4. The highest BCUT2D eigenvalue weighted by Gasteiger charge is 2.42. The van der Waals surface area contributed by atoms with Crippen LogP contribution in [0.2, 0.25) is 0 Å². The summed E-state index contributed by atoms with van der Waals surface area (Å²) >= 11 is 0. The van der Waals surface area contributed by atoms with E-state index in [2.05, 4.69) is 0 Å². The van der Waals surface area contributed by atoms with Gasteiger partial charge in [0, 0.05) is 32.2 Å². The highest BCUT2D eigenvalue weighted by Crippen LogP contribution is 2.28. The van der Waals surface area contributed by atoms with Gasteiger partial charge in [-0.3, -0.25) is 0 Å². The van der Waals surface area contributed by atoms with Crippen LogP contribution in [0.4, 0.5) is 4.79 Å². The lowest BCUT2D eigenvalue weighted by Crippen LogP contribution is -2.53. The van der Waals surface area contributed by atoms with Crippen LogP contribution in [-0.4, -0.2) is 75.0 Å². The molecule has 1 saturated carbocycles. The predicted octanol–water partition coefficient (Wildman–Crippen LogP) is -0.137. The number of aliphatic hydroxyl groups excluding tert-OH is 2. The van der Waals surface area contributed by atoms with Crippen molar-refractivity contribution in [1.29, 1.82) is 0 Å². The highest BCUT2D eigenvalue weighted by molar-refractivity contribution is 5.83. The summed E-state index contributed by atoms with van der Waals surface area (Å²) in [5, 5.41) is 27.7. The second-order valence-corrected chi connectivity index (χ2v) is 5.53. The van der Waals surface area contributed by atoms with Gasteiger partial charge in [0.05, 0.1) is 6.10 Å². The molecule has 0 bridgehead atoms. The summed E-state index contributed by atoms with van der Waals surface area (Å²) in [5.74, 6) is -1.08. The van der Waals surface area contributed by atoms with E-state index in [1.807, 2.05) is 0 Å². The Hall–Kier alpha value is -1.34. The Labute approximate surface area is 117 Å². The number of amides is 2. The maximum absolute atomic E-state index is 12.5. The third kappa shape index (κ3) is 3.04. The van der Waals surface area contributed by atoms with E-state index >= 15 is 0 Å². The number of aliphatic hydroxyl groups is 2. The first-order valence-electron chi connectivity index (χ1n) is 7.13. The number of carboxylic acid groups (broad SMARTS) is 1. The second kappa shape index (κ2) is 6.41. The lowest BCUT2D eigenvalue weighted by Gasteiger charge is -2.40. The smallest absolute Gasteiger partial charge is 0.326 e. The normalized spacial score (nSPS) is 26.4. The first-order valence-corrected chi connectivity index (χ1v) is 7.13. The van der Waals surface area contributed by atoms with Gasteiger partial charge in [-0.05, 0) is 25.7 Å². The largest absolute Gasteiger partial charge is 0.480 e. The lowest BCUT2D eigenvalue weighted by atomic mass is 9.91. The summed E-state index contributed by atoms with van der Waals surface area (Å²) < 4.78 is 0. The predicted molar refractivity (Wildman–Crippen MR) is 70.2 cm³/mol. The van der Waals surface area contributed by atoms with Crippen molar-refractivity contribution >= 4 is 12.0 Å². The minimum absolute atomic E-state index is 0.00147. The molecule has 2 fully saturated rings. The molecular formula is C13H22N2O5. The van der Waals surface area contributed by atoms with Gasteiger partial charge in [-0.25, -0.2) is 9.59 Å². The first kappa shape index (κ1) is 15.1. The van der Waals surface area contributed by atoms with E-state index in [1.165, 1.54) is 4.90 Å². The zero-order valence-electron chi connectivity index (χ0n) is 11.4. The maximum atomic E-state index is 12.5. The van der Waals surface area contributed by atoms with Crippen molar-refractivity contribution < 1.29 is 24.9 Å². The zero-order valence-corrected chi connectivity index (χ0v) is 11.4. The van der Waals surface area contributed by atoms with Crippen molar-refractivity contribution in [2.75, 3.05) is 19.7 Å². The van der Waals surface area contributed by atoms with Gasteiger partial charge >= 0.3 is 12.0 Å². The summed E-state index contributed by atoms with van der Waals surface area (Å²) in [6, 6.07) is -1.14. The van der Waals surface area contributed by atoms with Crippen molar-refractivity contribution in [3.8, 4) is 0 Å². The quantitative estimate of drug-likeness (QED) is 0.653. The molecule has 2 rings (SSSR count). The summed E-state index contributed by atoms with van der Waals surface area (Å²) in [6.07, 6.45) is 2.70. The van der Waals surface area contributed by atoms with Crippen LogP contribution in [0, 0.1) is 0 Å². The number of urea groups is 1. The molecule has 2 aliphatic rings. The molecule has 0 aromatic carbocycles. The Bertz CT molecular complexity index is 372. The van der Waals surface area contributed by atoms with Crippen LogP contribution in [-0.2, 0) is 4.79 Å². The summed E-state index contributed by atoms with van der Waals surface area (Å²) in [5.41, 5.74) is 0. The number of aliphatic carboxylic acids is 1. The van der Waals surface area contributed by atoms with Crippen LogP contribution in [0.15, 0.2) is 0 Å². The van der Waals surface area contributed by atoms with Crippen molar-refractivity contribution in [3.05, 3.63) is 0 Å². The number of rotatable bonds is 5. The fourth-order valence-corrected chi connectivity index (χ4v) is 2.80. The average molecular weight is 286 g/mol. The van der Waals surface area contributed by atoms with Gasteiger partial charge in [-0.1, -0.05) is 0 Å².